The summed E-state index contributed by atoms with van der Waals surface area (Å²) in [6.07, 6.45) is 6.57. The summed E-state index contributed by atoms with van der Waals surface area (Å²) in [5.41, 5.74) is 0.440. The predicted octanol–water partition coefficient (Wildman–Crippen LogP) is 5.10. The van der Waals surface area contributed by atoms with Gasteiger partial charge >= 0.3 is 0 Å². The second-order valence-corrected chi connectivity index (χ2v) is 7.87. The molecule has 23 heavy (non-hydrogen) atoms. The number of halogens is 3. The van der Waals surface area contributed by atoms with Crippen molar-refractivity contribution in [3.8, 4) is 0 Å². The topological polar surface area (TPSA) is 32.3 Å². The molecule has 1 saturated heterocycles. The number of benzene rings is 1. The van der Waals surface area contributed by atoms with Gasteiger partial charge in [-0.2, -0.15) is 0 Å². The van der Waals surface area contributed by atoms with Gasteiger partial charge in [-0.3, -0.25) is 9.69 Å². The smallest absolute Gasteiger partial charge is 0.238 e. The molecule has 1 aromatic rings. The van der Waals surface area contributed by atoms with Crippen LogP contribution in [0.15, 0.2) is 12.1 Å². The zero-order valence-corrected chi connectivity index (χ0v) is 15.2. The third-order valence-corrected chi connectivity index (χ3v) is 5.83. The van der Waals surface area contributed by atoms with Crippen LogP contribution in [-0.4, -0.2) is 30.4 Å². The minimum atomic E-state index is -0.0784. The number of anilines is 1. The Kier molecular flexibility index (Phi) is 5.74. The summed E-state index contributed by atoms with van der Waals surface area (Å²) in [5, 5.41) is 4.00. The molecule has 6 heteroatoms. The maximum Gasteiger partial charge on any atom is 0.238 e. The second-order valence-electron chi connectivity index (χ2n) is 6.62. The predicted molar refractivity (Wildman–Crippen MR) is 96.6 cm³/mol. The number of likely N-dealkylation sites (tertiary alicyclic amines) is 1. The van der Waals surface area contributed by atoms with E-state index in [2.05, 4.69) is 10.2 Å². The van der Waals surface area contributed by atoms with Crippen molar-refractivity contribution in [2.45, 2.75) is 32.1 Å². The summed E-state index contributed by atoms with van der Waals surface area (Å²) in [7, 11) is 0. The van der Waals surface area contributed by atoms with E-state index in [9.17, 15) is 4.79 Å². The summed E-state index contributed by atoms with van der Waals surface area (Å²) >= 11 is 18.1. The van der Waals surface area contributed by atoms with E-state index in [-0.39, 0.29) is 5.91 Å². The normalized spacial score (nSPS) is 25.0. The van der Waals surface area contributed by atoms with Gasteiger partial charge in [-0.1, -0.05) is 54.1 Å². The Morgan fingerprint density at radius 3 is 2.43 bits per heavy atom. The molecule has 0 aromatic heterocycles. The zero-order valence-electron chi connectivity index (χ0n) is 13.0. The van der Waals surface area contributed by atoms with Gasteiger partial charge in [0.05, 0.1) is 22.3 Å². The fourth-order valence-corrected chi connectivity index (χ4v) is 4.77. The number of hydrogen-bond donors (Lipinski definition) is 1. The second kappa shape index (κ2) is 7.60. The van der Waals surface area contributed by atoms with Gasteiger partial charge < -0.3 is 5.32 Å². The lowest BCUT2D eigenvalue weighted by Crippen LogP contribution is -2.44. The lowest BCUT2D eigenvalue weighted by atomic mass is 9.75. The van der Waals surface area contributed by atoms with Crippen molar-refractivity contribution < 1.29 is 4.79 Å². The Balaban J connectivity index is 1.57. The van der Waals surface area contributed by atoms with E-state index in [0.29, 0.717) is 27.3 Å². The fourth-order valence-electron chi connectivity index (χ4n) is 3.86. The molecule has 1 aliphatic heterocycles. The van der Waals surface area contributed by atoms with Crippen molar-refractivity contribution in [1.82, 2.24) is 4.90 Å². The first-order valence-corrected chi connectivity index (χ1v) is 9.33. The average Bonchev–Trinajstić information content (AvgIpc) is 2.51. The molecule has 2 fully saturated rings. The maximum atomic E-state index is 12.3. The van der Waals surface area contributed by atoms with Crippen molar-refractivity contribution in [3.63, 3.8) is 0 Å². The Morgan fingerprint density at radius 2 is 1.74 bits per heavy atom. The van der Waals surface area contributed by atoms with E-state index in [1.807, 2.05) is 0 Å². The van der Waals surface area contributed by atoms with E-state index >= 15 is 0 Å². The highest BCUT2D eigenvalue weighted by atomic mass is 35.5. The minimum absolute atomic E-state index is 0.0784. The van der Waals surface area contributed by atoms with Gasteiger partial charge in [0.1, 0.15) is 0 Å². The molecule has 0 spiro atoms. The number of amides is 1. The summed E-state index contributed by atoms with van der Waals surface area (Å²) in [6, 6.07) is 3.16. The van der Waals surface area contributed by atoms with Crippen LogP contribution in [0.4, 0.5) is 5.69 Å². The Labute approximate surface area is 152 Å². The van der Waals surface area contributed by atoms with Gasteiger partial charge in [0, 0.05) is 11.6 Å². The Hall–Kier alpha value is -0.480. The number of fused-ring (bicyclic) bond motifs is 1. The number of rotatable bonds is 3. The monoisotopic (exact) mass is 374 g/mol. The lowest BCUT2D eigenvalue weighted by molar-refractivity contribution is -0.118. The first-order valence-electron chi connectivity index (χ1n) is 8.19. The molecule has 3 nitrogen and oxygen atoms in total. The molecule has 0 unspecified atom stereocenters. The van der Waals surface area contributed by atoms with E-state index in [4.69, 9.17) is 34.8 Å². The zero-order chi connectivity index (χ0) is 16.4. The molecular formula is C17H21Cl3N2O. The quantitative estimate of drug-likeness (QED) is 0.797. The third kappa shape index (κ3) is 4.33. The van der Waals surface area contributed by atoms with Gasteiger partial charge in [-0.05, 0) is 43.4 Å². The standard InChI is InChI=1S/C17H21Cl3N2O/c18-13-7-14(19)17(15(20)8-13)21-16(23)10-22-6-5-11-3-1-2-4-12(11)9-22/h7-8,11-12H,1-6,9-10H2,(H,21,23)/t11-,12+/m0/s1. The third-order valence-electron chi connectivity index (χ3n) is 5.01. The number of nitrogens with one attached hydrogen (secondary N) is 1. The first kappa shape index (κ1) is 17.3. The summed E-state index contributed by atoms with van der Waals surface area (Å²) < 4.78 is 0. The van der Waals surface area contributed by atoms with Crippen molar-refractivity contribution >= 4 is 46.4 Å². The van der Waals surface area contributed by atoms with Gasteiger partial charge in [0.2, 0.25) is 5.91 Å². The molecule has 1 saturated carbocycles. The molecular weight excluding hydrogens is 355 g/mol. The molecule has 126 valence electrons. The largest absolute Gasteiger partial charge is 0.322 e. The SMILES string of the molecule is O=C(CN1CC[C@@H]2CCCC[C@@H]2C1)Nc1c(Cl)cc(Cl)cc1Cl. The van der Waals surface area contributed by atoms with E-state index in [1.165, 1.54) is 32.1 Å². The van der Waals surface area contributed by atoms with Crippen LogP contribution in [0.25, 0.3) is 0 Å². The van der Waals surface area contributed by atoms with Crippen LogP contribution >= 0.6 is 34.8 Å². The molecule has 0 bridgehead atoms. The average molecular weight is 376 g/mol. The van der Waals surface area contributed by atoms with Crippen molar-refractivity contribution in [2.75, 3.05) is 25.0 Å². The summed E-state index contributed by atoms with van der Waals surface area (Å²) in [6.45, 7) is 2.41. The highest BCUT2D eigenvalue weighted by molar-refractivity contribution is 6.42. The Morgan fingerprint density at radius 1 is 1.09 bits per heavy atom. The van der Waals surface area contributed by atoms with Crippen molar-refractivity contribution in [1.29, 1.82) is 0 Å². The lowest BCUT2D eigenvalue weighted by Gasteiger charge is -2.41. The molecule has 0 radical (unpaired) electrons. The van der Waals surface area contributed by atoms with Crippen LogP contribution in [0.5, 0.6) is 0 Å². The number of nitrogens with zero attached hydrogens (tertiary/aromatic N) is 1. The summed E-state index contributed by atoms with van der Waals surface area (Å²) in [4.78, 5) is 14.6. The van der Waals surface area contributed by atoms with Gasteiger partial charge in [-0.15, -0.1) is 0 Å². The number of piperidine rings is 1. The van der Waals surface area contributed by atoms with Gasteiger partial charge in [0.15, 0.2) is 0 Å². The Bertz CT molecular complexity index is 570. The highest BCUT2D eigenvalue weighted by Gasteiger charge is 2.31. The fraction of sp³-hybridized carbons (Fsp3) is 0.588. The van der Waals surface area contributed by atoms with Crippen molar-refractivity contribution in [3.05, 3.63) is 27.2 Å². The molecule has 2 atom stereocenters. The summed E-state index contributed by atoms with van der Waals surface area (Å²) in [5.74, 6) is 1.54. The minimum Gasteiger partial charge on any atom is -0.322 e. The molecule has 1 N–H and O–H groups in total. The van der Waals surface area contributed by atoms with Gasteiger partial charge in [0.25, 0.3) is 0 Å². The van der Waals surface area contributed by atoms with Crippen LogP contribution in [0.3, 0.4) is 0 Å². The number of carbonyl (C=O) groups excluding carboxylic acids is 1. The van der Waals surface area contributed by atoms with E-state index < -0.39 is 0 Å². The molecule has 2 aliphatic rings. The van der Waals surface area contributed by atoms with Gasteiger partial charge in [-0.25, -0.2) is 0 Å². The van der Waals surface area contributed by atoms with E-state index in [1.54, 1.807) is 12.1 Å². The van der Waals surface area contributed by atoms with Crippen LogP contribution in [-0.2, 0) is 4.79 Å². The van der Waals surface area contributed by atoms with Crippen LogP contribution in [0.1, 0.15) is 32.1 Å². The molecule has 3 rings (SSSR count). The molecule has 1 aromatic carbocycles. The molecule has 1 aliphatic carbocycles. The van der Waals surface area contributed by atoms with Crippen LogP contribution in [0, 0.1) is 11.8 Å². The highest BCUT2D eigenvalue weighted by Crippen LogP contribution is 2.36. The number of hydrogen-bond acceptors (Lipinski definition) is 2. The van der Waals surface area contributed by atoms with Crippen LogP contribution in [0.2, 0.25) is 15.1 Å². The van der Waals surface area contributed by atoms with Crippen LogP contribution < -0.4 is 5.32 Å². The molecule has 1 heterocycles. The first-order chi connectivity index (χ1) is 11.0. The molecule has 1 amide bonds. The number of carbonyl (C=O) groups is 1. The van der Waals surface area contributed by atoms with E-state index in [0.717, 1.165) is 24.9 Å². The maximum absolute atomic E-state index is 12.3. The van der Waals surface area contributed by atoms with Crippen molar-refractivity contribution in [2.24, 2.45) is 11.8 Å².